The van der Waals surface area contributed by atoms with Gasteiger partial charge in [0.25, 0.3) is 0 Å². The summed E-state index contributed by atoms with van der Waals surface area (Å²) >= 11 is 0. The monoisotopic (exact) mass is 511 g/mol. The van der Waals surface area contributed by atoms with Gasteiger partial charge in [-0.3, -0.25) is 4.98 Å². The van der Waals surface area contributed by atoms with Crippen LogP contribution in [0, 0.1) is 12.8 Å². The molecule has 1 aliphatic carbocycles. The van der Waals surface area contributed by atoms with Gasteiger partial charge < -0.3 is 4.74 Å². The van der Waals surface area contributed by atoms with Crippen LogP contribution in [-0.4, -0.2) is 34.0 Å². The molecule has 1 saturated carbocycles. The van der Waals surface area contributed by atoms with Crippen molar-refractivity contribution in [2.75, 3.05) is 6.61 Å². The minimum absolute atomic E-state index is 0.175. The van der Waals surface area contributed by atoms with Crippen LogP contribution in [0.4, 0.5) is 14.5 Å². The van der Waals surface area contributed by atoms with Gasteiger partial charge in [-0.15, -0.1) is 13.3 Å². The lowest BCUT2D eigenvalue weighted by Gasteiger charge is -2.31. The third kappa shape index (κ3) is 4.26. The normalized spacial score (nSPS) is 22.5. The number of carbonyl (C=O) groups excluding carboxylic acids is 1. The maximum Gasteiger partial charge on any atom is 0.397 e. The van der Waals surface area contributed by atoms with Gasteiger partial charge in [-0.1, -0.05) is 42.5 Å². The number of amides is 1. The summed E-state index contributed by atoms with van der Waals surface area (Å²) in [7, 11) is 0. The predicted molar refractivity (Wildman–Crippen MR) is 141 cm³/mol. The van der Waals surface area contributed by atoms with Gasteiger partial charge in [-0.2, -0.15) is 4.98 Å². The van der Waals surface area contributed by atoms with E-state index in [-0.39, 0.29) is 11.6 Å². The summed E-state index contributed by atoms with van der Waals surface area (Å²) in [6.45, 7) is -0.845. The third-order valence-electron chi connectivity index (χ3n) is 7.15. The summed E-state index contributed by atoms with van der Waals surface area (Å²) in [5.74, 6) is 0.638. The van der Waals surface area contributed by atoms with Crippen LogP contribution in [0.1, 0.15) is 29.4 Å². The van der Waals surface area contributed by atoms with Crippen LogP contribution in [0.3, 0.4) is 0 Å². The molecule has 1 fully saturated rings. The first-order valence-electron chi connectivity index (χ1n) is 12.5. The molecule has 0 saturated heterocycles. The smallest absolute Gasteiger partial charge is 0.397 e. The Morgan fingerprint density at radius 1 is 1.00 bits per heavy atom. The van der Waals surface area contributed by atoms with Crippen LogP contribution >= 0.6 is 0 Å². The molecule has 2 aromatic carbocycles. The molecule has 0 N–H and O–H groups in total. The van der Waals surface area contributed by atoms with Gasteiger partial charge in [0.2, 0.25) is 5.88 Å². The maximum atomic E-state index is 14.5. The van der Waals surface area contributed by atoms with Crippen molar-refractivity contribution in [1.29, 1.82) is 0 Å². The summed E-state index contributed by atoms with van der Waals surface area (Å²) < 4.78 is 34.0. The number of aryl methyl sites for hydroxylation is 1. The molecule has 6 nitrogen and oxygen atoms in total. The standard InChI is InChI=1S/C30H25F2N4O2/c1-19-33-16-25(21-12-14-28(37)36(17-21,30(31)32)23-8-3-2-4-9-23)29(34-19)38-18-22-15-24(22)27-13-11-20-7-5-6-10-26(20)35-27/h2-14,16-17,22,24,30H,15,18H2,1H3/q+1/t22-,24+,36?/m1/s1. The van der Waals surface area contributed by atoms with Crippen molar-refractivity contribution in [3.05, 3.63) is 108 Å². The first-order chi connectivity index (χ1) is 18.5. The van der Waals surface area contributed by atoms with E-state index in [1.165, 1.54) is 30.5 Å². The molecule has 2 aromatic heterocycles. The Balaban J connectivity index is 1.27. The Bertz CT molecular complexity index is 1590. The molecule has 3 atom stereocenters. The van der Waals surface area contributed by atoms with Crippen LogP contribution in [0.2, 0.25) is 0 Å². The zero-order valence-electron chi connectivity index (χ0n) is 20.7. The number of hydrogen-bond acceptors (Lipinski definition) is 5. The molecule has 4 aromatic rings. The van der Waals surface area contributed by atoms with Crippen molar-refractivity contribution in [1.82, 2.24) is 19.4 Å². The van der Waals surface area contributed by atoms with Crippen molar-refractivity contribution in [3.8, 4) is 5.88 Å². The Labute approximate surface area is 218 Å². The van der Waals surface area contributed by atoms with E-state index in [0.29, 0.717) is 35.4 Å². The minimum Gasteiger partial charge on any atom is -0.477 e. The van der Waals surface area contributed by atoms with E-state index in [9.17, 15) is 13.6 Å². The summed E-state index contributed by atoms with van der Waals surface area (Å²) in [5, 5.41) is 1.10. The van der Waals surface area contributed by atoms with Crippen LogP contribution in [-0.2, 0) is 4.79 Å². The Morgan fingerprint density at radius 2 is 1.79 bits per heavy atom. The number of carbonyl (C=O) groups is 1. The topological polar surface area (TPSA) is 65.0 Å². The number of benzene rings is 2. The summed E-state index contributed by atoms with van der Waals surface area (Å²) in [5.41, 5.74) is 3.03. The van der Waals surface area contributed by atoms with E-state index in [1.807, 2.05) is 24.3 Å². The molecule has 0 bridgehead atoms. The molecule has 1 amide bonds. The lowest BCUT2D eigenvalue weighted by molar-refractivity contribution is -0.132. The predicted octanol–water partition coefficient (Wildman–Crippen LogP) is 6.18. The fourth-order valence-electron chi connectivity index (χ4n) is 4.94. The molecule has 0 radical (unpaired) electrons. The fraction of sp³-hybridized carbons (Fsp3) is 0.200. The van der Waals surface area contributed by atoms with Gasteiger partial charge in [0.05, 0.1) is 17.7 Å². The Hall–Kier alpha value is -4.30. The third-order valence-corrected chi connectivity index (χ3v) is 7.15. The second kappa shape index (κ2) is 9.54. The highest BCUT2D eigenvalue weighted by Crippen LogP contribution is 2.47. The van der Waals surface area contributed by atoms with Crippen LogP contribution in [0.15, 0.2) is 91.3 Å². The maximum absolute atomic E-state index is 14.5. The molecule has 6 rings (SSSR count). The van der Waals surface area contributed by atoms with E-state index in [2.05, 4.69) is 22.1 Å². The van der Waals surface area contributed by atoms with Gasteiger partial charge in [0.15, 0.2) is 0 Å². The number of ether oxygens (including phenoxy) is 1. The van der Waals surface area contributed by atoms with Gasteiger partial charge in [0, 0.05) is 52.9 Å². The van der Waals surface area contributed by atoms with Gasteiger partial charge >= 0.3 is 12.5 Å². The molecule has 0 spiro atoms. The Kier molecular flexibility index (Phi) is 6.04. The second-order valence-corrected chi connectivity index (χ2v) is 9.62. The molecule has 38 heavy (non-hydrogen) atoms. The number of fused-ring (bicyclic) bond motifs is 1. The van der Waals surface area contributed by atoms with E-state index in [4.69, 9.17) is 9.72 Å². The highest BCUT2D eigenvalue weighted by atomic mass is 19.3. The van der Waals surface area contributed by atoms with Gasteiger partial charge in [0.1, 0.15) is 17.7 Å². The van der Waals surface area contributed by atoms with Crippen LogP contribution in [0.5, 0.6) is 5.88 Å². The molecule has 1 unspecified atom stereocenters. The quantitative estimate of drug-likeness (QED) is 0.219. The summed E-state index contributed by atoms with van der Waals surface area (Å²) in [6, 6.07) is 20.2. The summed E-state index contributed by atoms with van der Waals surface area (Å²) in [6.07, 6.45) is 6.47. The molecule has 1 aliphatic heterocycles. The number of aromatic nitrogens is 3. The number of halogens is 2. The second-order valence-electron chi connectivity index (χ2n) is 9.62. The largest absolute Gasteiger partial charge is 0.477 e. The first kappa shape index (κ1) is 24.1. The SMILES string of the molecule is Cc1ncc(C2=C[N+](c3ccccc3)(C(F)F)C(=O)C=C2)c(OC[C@H]2C[C@@H]2c2ccc3ccccc3n2)n1. The number of rotatable bonds is 7. The Morgan fingerprint density at radius 3 is 2.61 bits per heavy atom. The van der Waals surface area contributed by atoms with E-state index in [0.717, 1.165) is 23.0 Å². The van der Waals surface area contributed by atoms with E-state index in [1.54, 1.807) is 31.3 Å². The van der Waals surface area contributed by atoms with Gasteiger partial charge in [-0.25, -0.2) is 9.78 Å². The zero-order chi connectivity index (χ0) is 26.3. The van der Waals surface area contributed by atoms with Crippen molar-refractivity contribution >= 4 is 28.1 Å². The average molecular weight is 512 g/mol. The molecular weight excluding hydrogens is 486 g/mol. The number of nitrogens with zero attached hydrogens (tertiary/aromatic N) is 4. The lowest BCUT2D eigenvalue weighted by Crippen LogP contribution is -2.53. The van der Waals surface area contributed by atoms with Crippen molar-refractivity contribution < 1.29 is 18.3 Å². The first-order valence-corrected chi connectivity index (χ1v) is 12.5. The molecule has 3 heterocycles. The lowest BCUT2D eigenvalue weighted by atomic mass is 10.0. The summed E-state index contributed by atoms with van der Waals surface area (Å²) in [4.78, 5) is 26.4. The number of quaternary nitrogens is 1. The van der Waals surface area contributed by atoms with Crippen molar-refractivity contribution in [2.24, 2.45) is 5.92 Å². The van der Waals surface area contributed by atoms with Crippen molar-refractivity contribution in [2.45, 2.75) is 25.8 Å². The highest BCUT2D eigenvalue weighted by molar-refractivity contribution is 6.04. The fourth-order valence-corrected chi connectivity index (χ4v) is 4.94. The average Bonchev–Trinajstić information content (AvgIpc) is 3.72. The number of pyridine rings is 1. The van der Waals surface area contributed by atoms with Crippen LogP contribution in [0.25, 0.3) is 16.5 Å². The molecule has 2 aliphatic rings. The van der Waals surface area contributed by atoms with E-state index >= 15 is 0 Å². The number of para-hydroxylation sites is 2. The van der Waals surface area contributed by atoms with Crippen molar-refractivity contribution in [3.63, 3.8) is 0 Å². The zero-order valence-corrected chi connectivity index (χ0v) is 20.7. The van der Waals surface area contributed by atoms with Gasteiger partial charge in [-0.05, 0) is 31.6 Å². The molecule has 190 valence electrons. The molecular formula is C30H25F2N4O2+. The number of alkyl halides is 2. The molecule has 8 heteroatoms. The minimum atomic E-state index is -3.00. The number of allylic oxidation sites excluding steroid dienone is 2. The highest BCUT2D eigenvalue weighted by Gasteiger charge is 2.47. The number of hydrogen-bond donors (Lipinski definition) is 0. The van der Waals surface area contributed by atoms with Crippen LogP contribution < -0.4 is 9.22 Å². The van der Waals surface area contributed by atoms with E-state index < -0.39 is 16.9 Å².